The average Bonchev–Trinajstić information content (AvgIpc) is 3.01. The molecule has 2 aliphatic rings. The number of piperidine rings is 1. The van der Waals surface area contributed by atoms with E-state index in [9.17, 15) is 4.79 Å². The molecule has 4 heteroatoms. The summed E-state index contributed by atoms with van der Waals surface area (Å²) in [5.74, 6) is 1.73. The Hall–Kier alpha value is -1.58. The van der Waals surface area contributed by atoms with Crippen LogP contribution in [0.1, 0.15) is 55.8 Å². The number of fused-ring (bicyclic) bond motifs is 1. The Morgan fingerprint density at radius 2 is 2.24 bits per heavy atom. The Bertz CT molecular complexity index is 503. The highest BCUT2D eigenvalue weighted by Gasteiger charge is 2.37. The molecule has 1 aromatic rings. The summed E-state index contributed by atoms with van der Waals surface area (Å²) in [5, 5.41) is 3.26. The number of hydrogen-bond acceptors (Lipinski definition) is 3. The molecule has 0 aromatic carbocycles. The summed E-state index contributed by atoms with van der Waals surface area (Å²) in [6, 6.07) is 4.22. The molecule has 21 heavy (non-hydrogen) atoms. The van der Waals surface area contributed by atoms with Crippen molar-refractivity contribution in [1.29, 1.82) is 0 Å². The quantitative estimate of drug-likeness (QED) is 0.924. The number of aromatic nitrogens is 1. The molecular weight excluding hydrogens is 262 g/mol. The van der Waals surface area contributed by atoms with Crippen LogP contribution in [0, 0.1) is 5.92 Å². The van der Waals surface area contributed by atoms with Gasteiger partial charge in [-0.05, 0) is 50.2 Å². The molecule has 0 spiro atoms. The van der Waals surface area contributed by atoms with Gasteiger partial charge in [-0.3, -0.25) is 4.79 Å². The predicted molar refractivity (Wildman–Crippen MR) is 84.4 cm³/mol. The first-order valence-corrected chi connectivity index (χ1v) is 8.30. The van der Waals surface area contributed by atoms with Crippen molar-refractivity contribution in [3.63, 3.8) is 0 Å². The fraction of sp³-hybridized carbons (Fsp3) is 0.647. The lowest BCUT2D eigenvalue weighted by atomic mass is 9.91. The molecule has 4 nitrogen and oxygen atoms in total. The Morgan fingerprint density at radius 1 is 1.38 bits per heavy atom. The third-order valence-electron chi connectivity index (χ3n) is 4.82. The fourth-order valence-corrected chi connectivity index (χ4v) is 3.79. The first-order valence-electron chi connectivity index (χ1n) is 8.30. The number of pyridine rings is 1. The van der Waals surface area contributed by atoms with E-state index in [1.807, 2.05) is 12.1 Å². The van der Waals surface area contributed by atoms with Gasteiger partial charge in [0.1, 0.15) is 5.82 Å². The van der Waals surface area contributed by atoms with Crippen LogP contribution >= 0.6 is 0 Å². The molecule has 1 aliphatic carbocycles. The molecule has 0 radical (unpaired) electrons. The molecule has 1 saturated carbocycles. The highest BCUT2D eigenvalue weighted by molar-refractivity contribution is 5.95. The SMILES string of the molecule is CCCNc1cc(C(=O)N2CCCC3CCCC32)ccn1. The Labute approximate surface area is 126 Å². The summed E-state index contributed by atoms with van der Waals surface area (Å²) in [6.45, 7) is 3.93. The number of nitrogens with one attached hydrogen (secondary N) is 1. The number of anilines is 1. The van der Waals surface area contributed by atoms with Crippen molar-refractivity contribution < 1.29 is 4.79 Å². The molecule has 1 aromatic heterocycles. The van der Waals surface area contributed by atoms with Crippen LogP contribution in [0.2, 0.25) is 0 Å². The highest BCUT2D eigenvalue weighted by Crippen LogP contribution is 2.37. The Kier molecular flexibility index (Phi) is 4.42. The normalized spacial score (nSPS) is 24.7. The van der Waals surface area contributed by atoms with Crippen molar-refractivity contribution >= 4 is 11.7 Å². The molecular formula is C17H25N3O. The van der Waals surface area contributed by atoms with Crippen molar-refractivity contribution in [1.82, 2.24) is 9.88 Å². The minimum atomic E-state index is 0.188. The lowest BCUT2D eigenvalue weighted by Crippen LogP contribution is -2.46. The molecule has 2 heterocycles. The number of carbonyl (C=O) groups excluding carboxylic acids is 1. The zero-order chi connectivity index (χ0) is 14.7. The predicted octanol–water partition coefficient (Wildman–Crippen LogP) is 3.31. The lowest BCUT2D eigenvalue weighted by Gasteiger charge is -2.37. The zero-order valence-corrected chi connectivity index (χ0v) is 12.8. The molecule has 1 N–H and O–H groups in total. The second kappa shape index (κ2) is 6.46. The summed E-state index contributed by atoms with van der Waals surface area (Å²) in [4.78, 5) is 19.3. The van der Waals surface area contributed by atoms with Gasteiger partial charge in [-0.15, -0.1) is 0 Å². The van der Waals surface area contributed by atoms with Gasteiger partial charge in [-0.25, -0.2) is 4.98 Å². The van der Waals surface area contributed by atoms with Gasteiger partial charge >= 0.3 is 0 Å². The smallest absolute Gasteiger partial charge is 0.254 e. The van der Waals surface area contributed by atoms with Gasteiger partial charge in [0.15, 0.2) is 0 Å². The Morgan fingerprint density at radius 3 is 3.10 bits per heavy atom. The van der Waals surface area contributed by atoms with Crippen LogP contribution in [0.5, 0.6) is 0 Å². The van der Waals surface area contributed by atoms with Gasteiger partial charge in [-0.2, -0.15) is 0 Å². The average molecular weight is 287 g/mol. The molecule has 2 fully saturated rings. The molecule has 3 rings (SSSR count). The number of amides is 1. The number of likely N-dealkylation sites (tertiary alicyclic amines) is 1. The van der Waals surface area contributed by atoms with Crippen LogP contribution < -0.4 is 5.32 Å². The van der Waals surface area contributed by atoms with Crippen LogP contribution in [-0.2, 0) is 0 Å². The van der Waals surface area contributed by atoms with Crippen molar-refractivity contribution in [2.75, 3.05) is 18.4 Å². The lowest BCUT2D eigenvalue weighted by molar-refractivity contribution is 0.0548. The maximum Gasteiger partial charge on any atom is 0.254 e. The monoisotopic (exact) mass is 287 g/mol. The number of nitrogens with zero attached hydrogens (tertiary/aromatic N) is 2. The molecule has 1 aliphatic heterocycles. The highest BCUT2D eigenvalue weighted by atomic mass is 16.2. The van der Waals surface area contributed by atoms with Crippen molar-refractivity contribution in [2.24, 2.45) is 5.92 Å². The number of carbonyl (C=O) groups is 1. The van der Waals surface area contributed by atoms with E-state index in [0.717, 1.165) is 43.2 Å². The zero-order valence-electron chi connectivity index (χ0n) is 12.8. The van der Waals surface area contributed by atoms with E-state index in [1.165, 1.54) is 25.7 Å². The van der Waals surface area contributed by atoms with E-state index in [1.54, 1.807) is 6.20 Å². The third kappa shape index (κ3) is 3.04. The molecule has 0 bridgehead atoms. The number of rotatable bonds is 4. The molecule has 2 unspecified atom stereocenters. The summed E-state index contributed by atoms with van der Waals surface area (Å²) < 4.78 is 0. The Balaban J connectivity index is 1.74. The van der Waals surface area contributed by atoms with E-state index in [-0.39, 0.29) is 5.91 Å². The standard InChI is InChI=1S/C17H25N3O/c1-2-9-18-16-12-14(8-10-19-16)17(21)20-11-4-6-13-5-3-7-15(13)20/h8,10,12-13,15H,2-7,9,11H2,1H3,(H,18,19). The van der Waals surface area contributed by atoms with Crippen LogP contribution in [-0.4, -0.2) is 34.9 Å². The summed E-state index contributed by atoms with van der Waals surface area (Å²) in [7, 11) is 0. The summed E-state index contributed by atoms with van der Waals surface area (Å²) in [5.41, 5.74) is 0.774. The van der Waals surface area contributed by atoms with Gasteiger partial charge in [0.05, 0.1) is 0 Å². The van der Waals surface area contributed by atoms with Gasteiger partial charge in [0.2, 0.25) is 0 Å². The van der Waals surface area contributed by atoms with Crippen molar-refractivity contribution in [2.45, 2.75) is 51.5 Å². The molecule has 2 atom stereocenters. The largest absolute Gasteiger partial charge is 0.370 e. The van der Waals surface area contributed by atoms with Crippen LogP contribution in [0.25, 0.3) is 0 Å². The maximum absolute atomic E-state index is 12.8. The molecule has 114 valence electrons. The van der Waals surface area contributed by atoms with Crippen molar-refractivity contribution in [3.8, 4) is 0 Å². The van der Waals surface area contributed by atoms with E-state index < -0.39 is 0 Å². The van der Waals surface area contributed by atoms with Crippen molar-refractivity contribution in [3.05, 3.63) is 23.9 Å². The molecule has 1 amide bonds. The third-order valence-corrected chi connectivity index (χ3v) is 4.82. The topological polar surface area (TPSA) is 45.2 Å². The van der Waals surface area contributed by atoms with Gasteiger partial charge in [0, 0.05) is 30.9 Å². The minimum absolute atomic E-state index is 0.188. The van der Waals surface area contributed by atoms with E-state index >= 15 is 0 Å². The minimum Gasteiger partial charge on any atom is -0.370 e. The van der Waals surface area contributed by atoms with Gasteiger partial charge in [0.25, 0.3) is 5.91 Å². The molecule has 1 saturated heterocycles. The van der Waals surface area contributed by atoms with Crippen LogP contribution in [0.4, 0.5) is 5.82 Å². The second-order valence-electron chi connectivity index (χ2n) is 6.26. The number of hydrogen-bond donors (Lipinski definition) is 1. The van der Waals surface area contributed by atoms with E-state index in [0.29, 0.717) is 6.04 Å². The van der Waals surface area contributed by atoms with Crippen LogP contribution in [0.3, 0.4) is 0 Å². The first-order chi connectivity index (χ1) is 10.3. The van der Waals surface area contributed by atoms with Crippen LogP contribution in [0.15, 0.2) is 18.3 Å². The first kappa shape index (κ1) is 14.4. The van der Waals surface area contributed by atoms with E-state index in [4.69, 9.17) is 0 Å². The second-order valence-corrected chi connectivity index (χ2v) is 6.26. The summed E-state index contributed by atoms with van der Waals surface area (Å²) in [6.07, 6.45) is 9.00. The van der Waals surface area contributed by atoms with E-state index in [2.05, 4.69) is 22.1 Å². The summed E-state index contributed by atoms with van der Waals surface area (Å²) >= 11 is 0. The van der Waals surface area contributed by atoms with Gasteiger partial charge < -0.3 is 10.2 Å². The fourth-order valence-electron chi connectivity index (χ4n) is 3.79. The maximum atomic E-state index is 12.8. The van der Waals surface area contributed by atoms with Gasteiger partial charge in [-0.1, -0.05) is 13.3 Å².